The van der Waals surface area contributed by atoms with Gasteiger partial charge in [0, 0.05) is 12.2 Å². The number of piperidine rings is 1. The predicted molar refractivity (Wildman–Crippen MR) is 145 cm³/mol. The highest BCUT2D eigenvalue weighted by Gasteiger charge is 2.76. The fraction of sp³-hybridized carbons (Fsp3) is 0.700. The van der Waals surface area contributed by atoms with E-state index in [2.05, 4.69) is 22.8 Å². The maximum atomic E-state index is 13.6. The summed E-state index contributed by atoms with van der Waals surface area (Å²) < 4.78 is 17.4. The van der Waals surface area contributed by atoms with Gasteiger partial charge in [-0.15, -0.1) is 0 Å². The van der Waals surface area contributed by atoms with Crippen molar-refractivity contribution in [1.82, 2.24) is 10.6 Å². The Balaban J connectivity index is 1.34. The molecule has 9 nitrogen and oxygen atoms in total. The molecule has 0 aromatic heterocycles. The van der Waals surface area contributed by atoms with Gasteiger partial charge in [-0.1, -0.05) is 25.0 Å². The van der Waals surface area contributed by atoms with E-state index in [0.29, 0.717) is 18.0 Å². The van der Waals surface area contributed by atoms with E-state index in [4.69, 9.17) is 14.2 Å². The highest BCUT2D eigenvalue weighted by Crippen LogP contribution is 2.59. The van der Waals surface area contributed by atoms with E-state index in [1.807, 2.05) is 12.1 Å². The number of benzene rings is 1. The number of carbonyl (C=O) groups excluding carboxylic acids is 3. The van der Waals surface area contributed by atoms with Crippen LogP contribution in [0.3, 0.4) is 0 Å². The second-order valence-electron chi connectivity index (χ2n) is 12.0. The van der Waals surface area contributed by atoms with Crippen molar-refractivity contribution in [2.75, 3.05) is 24.5 Å². The van der Waals surface area contributed by atoms with Crippen LogP contribution in [0.2, 0.25) is 0 Å². The van der Waals surface area contributed by atoms with Crippen LogP contribution in [0.25, 0.3) is 0 Å². The summed E-state index contributed by atoms with van der Waals surface area (Å²) in [4.78, 5) is 41.8. The van der Waals surface area contributed by atoms with Gasteiger partial charge in [0.2, 0.25) is 0 Å². The maximum absolute atomic E-state index is 13.6. The molecule has 6 rings (SSSR count). The van der Waals surface area contributed by atoms with Crippen LogP contribution in [-0.2, 0) is 19.0 Å². The minimum absolute atomic E-state index is 0.148. The Labute approximate surface area is 230 Å². The number of nitrogens with one attached hydrogen (secondary N) is 2. The molecule has 0 spiro atoms. The third kappa shape index (κ3) is 4.37. The standard InChI is InChI=1S/C30H41N3O6/c1-20(37-28(36)38-24-7-3-2-4-8-24)30(29-16-6-5-9-25(29)39-26(29)34)19-32-27(35)33(30)23-12-10-21(11-13-23)22-14-17-31-18-15-22/h10-13,20,22,24-25,31H,2-9,14-19H2,1H3,(H,32,35). The maximum Gasteiger partial charge on any atom is 0.508 e. The van der Waals surface area contributed by atoms with Crippen molar-refractivity contribution in [2.24, 2.45) is 5.41 Å². The van der Waals surface area contributed by atoms with Gasteiger partial charge in [-0.3, -0.25) is 9.69 Å². The van der Waals surface area contributed by atoms with E-state index in [1.165, 1.54) is 5.56 Å². The average molecular weight is 540 g/mol. The lowest BCUT2D eigenvalue weighted by Crippen LogP contribution is -2.78. The third-order valence-electron chi connectivity index (χ3n) is 10.1. The topological polar surface area (TPSA) is 106 Å². The van der Waals surface area contributed by atoms with Gasteiger partial charge in [0.25, 0.3) is 0 Å². The highest BCUT2D eigenvalue weighted by atomic mass is 16.7. The van der Waals surface area contributed by atoms with Crippen molar-refractivity contribution >= 4 is 23.8 Å². The van der Waals surface area contributed by atoms with Gasteiger partial charge in [-0.05, 0) is 101 Å². The lowest BCUT2D eigenvalue weighted by Gasteiger charge is -2.61. The van der Waals surface area contributed by atoms with Gasteiger partial charge in [0.1, 0.15) is 29.3 Å². The summed E-state index contributed by atoms with van der Waals surface area (Å²) >= 11 is 0. The molecule has 39 heavy (non-hydrogen) atoms. The summed E-state index contributed by atoms with van der Waals surface area (Å²) in [6.45, 7) is 3.99. The zero-order valence-electron chi connectivity index (χ0n) is 22.9. The third-order valence-corrected chi connectivity index (χ3v) is 10.1. The fourth-order valence-electron chi connectivity index (χ4n) is 7.96. The smallest absolute Gasteiger partial charge is 0.460 e. The molecule has 3 heterocycles. The number of ether oxygens (including phenoxy) is 3. The van der Waals surface area contributed by atoms with Crippen LogP contribution in [0.4, 0.5) is 15.3 Å². The summed E-state index contributed by atoms with van der Waals surface area (Å²) in [7, 11) is 0. The number of anilines is 1. The number of hydrogen-bond acceptors (Lipinski definition) is 7. The molecule has 4 unspecified atom stereocenters. The van der Waals surface area contributed by atoms with Crippen LogP contribution < -0.4 is 15.5 Å². The Hall–Kier alpha value is -2.81. The first-order valence-corrected chi connectivity index (χ1v) is 14.9. The number of esters is 1. The summed E-state index contributed by atoms with van der Waals surface area (Å²) in [5.41, 5.74) is -0.144. The van der Waals surface area contributed by atoms with Crippen molar-refractivity contribution in [2.45, 2.75) is 107 Å². The molecule has 212 valence electrons. The fourth-order valence-corrected chi connectivity index (χ4v) is 7.96. The van der Waals surface area contributed by atoms with E-state index in [-0.39, 0.29) is 30.8 Å². The molecular weight excluding hydrogens is 498 g/mol. The molecule has 2 N–H and O–H groups in total. The SMILES string of the molecule is CC(OC(=O)OC1CCCCC1)C1(C23CCCCC2OC3=O)CNC(=O)N1c1ccc(C2CCNCC2)cc1. The Bertz CT molecular complexity index is 1080. The lowest BCUT2D eigenvalue weighted by atomic mass is 9.54. The van der Waals surface area contributed by atoms with Crippen molar-refractivity contribution in [3.05, 3.63) is 29.8 Å². The lowest BCUT2D eigenvalue weighted by molar-refractivity contribution is -0.235. The summed E-state index contributed by atoms with van der Waals surface area (Å²) in [5, 5.41) is 6.42. The van der Waals surface area contributed by atoms with Crippen LogP contribution in [0, 0.1) is 5.41 Å². The molecule has 4 atom stereocenters. The summed E-state index contributed by atoms with van der Waals surface area (Å²) in [6, 6.07) is 7.85. The minimum Gasteiger partial charge on any atom is -0.460 e. The second kappa shape index (κ2) is 10.6. The van der Waals surface area contributed by atoms with Crippen LogP contribution in [0.15, 0.2) is 24.3 Å². The van der Waals surface area contributed by atoms with E-state index in [1.54, 1.807) is 11.8 Å². The molecule has 9 heteroatoms. The number of nitrogens with zero attached hydrogens (tertiary/aromatic N) is 1. The Morgan fingerprint density at radius 2 is 1.72 bits per heavy atom. The first kappa shape index (κ1) is 26.4. The molecule has 0 bridgehead atoms. The molecule has 2 amide bonds. The molecule has 0 radical (unpaired) electrons. The number of amides is 2. The first-order chi connectivity index (χ1) is 19.0. The number of rotatable bonds is 6. The van der Waals surface area contributed by atoms with Gasteiger partial charge in [-0.2, -0.15) is 0 Å². The second-order valence-corrected chi connectivity index (χ2v) is 12.0. The van der Waals surface area contributed by atoms with Gasteiger partial charge >= 0.3 is 18.2 Å². The van der Waals surface area contributed by atoms with Crippen LogP contribution >= 0.6 is 0 Å². The van der Waals surface area contributed by atoms with Gasteiger partial charge in [0.05, 0.1) is 0 Å². The van der Waals surface area contributed by atoms with E-state index in [0.717, 1.165) is 77.3 Å². The van der Waals surface area contributed by atoms with E-state index in [9.17, 15) is 14.4 Å². The van der Waals surface area contributed by atoms with Crippen molar-refractivity contribution < 1.29 is 28.6 Å². The van der Waals surface area contributed by atoms with Crippen LogP contribution in [-0.4, -0.2) is 61.6 Å². The summed E-state index contributed by atoms with van der Waals surface area (Å²) in [5.74, 6) is 0.174. The zero-order chi connectivity index (χ0) is 27.0. The minimum atomic E-state index is -1.13. The number of fused-ring (bicyclic) bond motifs is 1. The Morgan fingerprint density at radius 3 is 2.41 bits per heavy atom. The molecule has 5 aliphatic rings. The monoisotopic (exact) mass is 539 g/mol. The van der Waals surface area contributed by atoms with Gasteiger partial charge in [-0.25, -0.2) is 9.59 Å². The highest BCUT2D eigenvalue weighted by molar-refractivity contribution is 6.00. The molecule has 3 saturated heterocycles. The molecule has 2 aliphatic carbocycles. The van der Waals surface area contributed by atoms with Crippen molar-refractivity contribution in [3.8, 4) is 0 Å². The molecule has 2 saturated carbocycles. The zero-order valence-corrected chi connectivity index (χ0v) is 22.9. The Kier molecular flexibility index (Phi) is 7.20. The normalized spacial score (nSPS) is 32.4. The molecule has 3 aliphatic heterocycles. The van der Waals surface area contributed by atoms with Crippen LogP contribution in [0.5, 0.6) is 0 Å². The van der Waals surface area contributed by atoms with E-state index < -0.39 is 23.2 Å². The first-order valence-electron chi connectivity index (χ1n) is 14.9. The molecular formula is C30H41N3O6. The number of carbonyl (C=O) groups is 3. The van der Waals surface area contributed by atoms with Gasteiger partial charge in [0.15, 0.2) is 0 Å². The quantitative estimate of drug-likeness (QED) is 0.501. The Morgan fingerprint density at radius 1 is 1.00 bits per heavy atom. The number of hydrogen-bond donors (Lipinski definition) is 2. The molecule has 5 fully saturated rings. The largest absolute Gasteiger partial charge is 0.508 e. The molecule has 1 aromatic carbocycles. The van der Waals surface area contributed by atoms with Crippen molar-refractivity contribution in [3.63, 3.8) is 0 Å². The molecule has 1 aromatic rings. The van der Waals surface area contributed by atoms with Gasteiger partial charge < -0.3 is 24.8 Å². The van der Waals surface area contributed by atoms with Crippen molar-refractivity contribution in [1.29, 1.82) is 0 Å². The predicted octanol–water partition coefficient (Wildman–Crippen LogP) is 4.78. The number of urea groups is 1. The summed E-state index contributed by atoms with van der Waals surface area (Å²) in [6.07, 6.45) is 8.20. The van der Waals surface area contributed by atoms with E-state index >= 15 is 0 Å². The van der Waals surface area contributed by atoms with Crippen LogP contribution in [0.1, 0.15) is 89.0 Å². The average Bonchev–Trinajstić information content (AvgIpc) is 3.31.